The molecular formula is C25H33FN2O3. The lowest BCUT2D eigenvalue weighted by Gasteiger charge is -2.62. The Bertz CT molecular complexity index is 827. The normalized spacial score (nSPS) is 44.5. The van der Waals surface area contributed by atoms with Crippen LogP contribution >= 0.6 is 0 Å². The lowest BCUT2D eigenvalue weighted by molar-refractivity contribution is -0.174. The van der Waals surface area contributed by atoms with Gasteiger partial charge in [-0.1, -0.05) is 12.2 Å². The number of fused-ring (bicyclic) bond motifs is 2. The number of carbonyl (C=O) groups is 3. The van der Waals surface area contributed by atoms with E-state index in [1.165, 1.54) is 6.42 Å². The highest BCUT2D eigenvalue weighted by molar-refractivity contribution is 6.08. The second-order valence-electron chi connectivity index (χ2n) is 11.1. The Morgan fingerprint density at radius 3 is 2.42 bits per heavy atom. The van der Waals surface area contributed by atoms with Crippen LogP contribution in [0, 0.1) is 40.9 Å². The first kappa shape index (κ1) is 20.1. The Labute approximate surface area is 183 Å². The minimum absolute atomic E-state index is 0.0308. The number of ketones is 1. The first-order valence-corrected chi connectivity index (χ1v) is 12.4. The molecule has 6 rings (SSSR count). The van der Waals surface area contributed by atoms with Gasteiger partial charge >= 0.3 is 0 Å². The van der Waals surface area contributed by atoms with Crippen molar-refractivity contribution in [3.63, 3.8) is 0 Å². The summed E-state index contributed by atoms with van der Waals surface area (Å²) in [7, 11) is 0. The average molecular weight is 429 g/mol. The van der Waals surface area contributed by atoms with Gasteiger partial charge in [0, 0.05) is 12.5 Å². The Morgan fingerprint density at radius 2 is 1.74 bits per heavy atom. The van der Waals surface area contributed by atoms with Crippen molar-refractivity contribution in [2.24, 2.45) is 40.9 Å². The molecule has 5 atom stereocenters. The van der Waals surface area contributed by atoms with Gasteiger partial charge in [-0.3, -0.25) is 24.2 Å². The number of hydrogen-bond acceptors (Lipinski definition) is 4. The summed E-state index contributed by atoms with van der Waals surface area (Å²) < 4.78 is 13.3. The van der Waals surface area contributed by atoms with E-state index in [0.29, 0.717) is 56.5 Å². The van der Waals surface area contributed by atoms with E-state index in [-0.39, 0.29) is 40.8 Å². The molecule has 6 heteroatoms. The molecule has 2 aliphatic heterocycles. The molecule has 168 valence electrons. The van der Waals surface area contributed by atoms with Crippen LogP contribution in [0.3, 0.4) is 0 Å². The smallest absolute Gasteiger partial charge is 0.233 e. The molecule has 0 N–H and O–H groups in total. The van der Waals surface area contributed by atoms with Crippen LogP contribution in [0.15, 0.2) is 12.2 Å². The van der Waals surface area contributed by atoms with E-state index in [1.807, 2.05) is 0 Å². The van der Waals surface area contributed by atoms with Crippen molar-refractivity contribution >= 4 is 17.6 Å². The fraction of sp³-hybridized carbons (Fsp3) is 0.800. The quantitative estimate of drug-likeness (QED) is 0.499. The first-order valence-electron chi connectivity index (χ1n) is 12.4. The topological polar surface area (TPSA) is 57.7 Å². The van der Waals surface area contributed by atoms with Crippen LogP contribution in [0.25, 0.3) is 0 Å². The third-order valence-corrected chi connectivity index (χ3v) is 9.80. The van der Waals surface area contributed by atoms with Gasteiger partial charge in [-0.05, 0) is 87.6 Å². The molecule has 1 spiro atoms. The summed E-state index contributed by atoms with van der Waals surface area (Å²) in [5, 5.41) is 0. The monoisotopic (exact) mass is 428 g/mol. The summed E-state index contributed by atoms with van der Waals surface area (Å²) in [5.74, 6) is 1.48. The Morgan fingerprint density at radius 1 is 1.00 bits per heavy atom. The zero-order chi connectivity index (χ0) is 21.3. The molecular weight excluding hydrogens is 395 g/mol. The SMILES string of the molecule is O=C(CN1CCC(CN2C(=O)C3C4C=CC5CCC54C3C2=O)CC1)C1CCC(F)CC1. The molecule has 4 aliphatic carbocycles. The van der Waals surface area contributed by atoms with Gasteiger partial charge in [-0.25, -0.2) is 4.39 Å². The number of alkyl halides is 1. The van der Waals surface area contributed by atoms with Gasteiger partial charge in [0.15, 0.2) is 0 Å². The third kappa shape index (κ3) is 2.86. The number of likely N-dealkylation sites (tertiary alicyclic amines) is 2. The van der Waals surface area contributed by atoms with Crippen molar-refractivity contribution < 1.29 is 18.8 Å². The number of piperidine rings is 1. The van der Waals surface area contributed by atoms with E-state index in [1.54, 1.807) is 4.90 Å². The maximum Gasteiger partial charge on any atom is 0.233 e. The average Bonchev–Trinajstić information content (AvgIpc) is 3.06. The van der Waals surface area contributed by atoms with Crippen LogP contribution in [0.1, 0.15) is 51.4 Å². The van der Waals surface area contributed by atoms with Gasteiger partial charge in [0.1, 0.15) is 12.0 Å². The maximum atomic E-state index is 13.3. The number of carbonyl (C=O) groups excluding carboxylic acids is 3. The molecule has 2 heterocycles. The fourth-order valence-electron chi connectivity index (χ4n) is 7.86. The summed E-state index contributed by atoms with van der Waals surface area (Å²) in [5.41, 5.74) is 0.0944. The molecule has 6 aliphatic rings. The number of hydrogen-bond donors (Lipinski definition) is 0. The molecule has 5 unspecified atom stereocenters. The minimum atomic E-state index is -0.726. The number of imide groups is 1. The standard InChI is InChI=1S/C25H33FN2O3/c26-18-4-1-16(2-5-18)20(29)14-27-11-8-15(9-12-27)13-28-23(30)21-19-6-3-17-7-10-25(17,19)22(21)24(28)31/h3,6,15-19,21-22H,1-2,4-5,7-14H2. The lowest BCUT2D eigenvalue weighted by Crippen LogP contribution is -2.62. The van der Waals surface area contributed by atoms with Crippen LogP contribution < -0.4 is 0 Å². The summed E-state index contributed by atoms with van der Waals surface area (Å²) in [6, 6.07) is 0. The summed E-state index contributed by atoms with van der Waals surface area (Å²) in [4.78, 5) is 42.7. The van der Waals surface area contributed by atoms with E-state index < -0.39 is 6.17 Å². The minimum Gasteiger partial charge on any atom is -0.298 e. The summed E-state index contributed by atoms with van der Waals surface area (Å²) in [6.45, 7) is 2.72. The summed E-state index contributed by atoms with van der Waals surface area (Å²) in [6.07, 6.45) is 10.3. The molecule has 0 bridgehead atoms. The molecule has 3 saturated carbocycles. The van der Waals surface area contributed by atoms with E-state index in [0.717, 1.165) is 32.4 Å². The Kier molecular flexibility index (Phi) is 4.68. The van der Waals surface area contributed by atoms with Gasteiger partial charge in [-0.2, -0.15) is 0 Å². The molecule has 2 amide bonds. The number of rotatable bonds is 5. The van der Waals surface area contributed by atoms with Gasteiger partial charge < -0.3 is 0 Å². The van der Waals surface area contributed by atoms with Gasteiger partial charge in [-0.15, -0.1) is 0 Å². The molecule has 31 heavy (non-hydrogen) atoms. The molecule has 2 saturated heterocycles. The maximum absolute atomic E-state index is 13.3. The summed E-state index contributed by atoms with van der Waals surface area (Å²) >= 11 is 0. The molecule has 0 aromatic rings. The first-order chi connectivity index (χ1) is 15.0. The highest BCUT2D eigenvalue weighted by Gasteiger charge is 2.76. The lowest BCUT2D eigenvalue weighted by atomic mass is 9.39. The largest absolute Gasteiger partial charge is 0.298 e. The molecule has 5 nitrogen and oxygen atoms in total. The second-order valence-corrected chi connectivity index (χ2v) is 11.1. The van der Waals surface area contributed by atoms with Crippen molar-refractivity contribution in [2.45, 2.75) is 57.5 Å². The highest BCUT2D eigenvalue weighted by Crippen LogP contribution is 2.74. The zero-order valence-corrected chi connectivity index (χ0v) is 18.2. The van der Waals surface area contributed by atoms with Crippen molar-refractivity contribution in [2.75, 3.05) is 26.2 Å². The Balaban J connectivity index is 1.01. The van der Waals surface area contributed by atoms with Crippen molar-refractivity contribution in [1.29, 1.82) is 0 Å². The van der Waals surface area contributed by atoms with E-state index in [9.17, 15) is 18.8 Å². The zero-order valence-electron chi connectivity index (χ0n) is 18.2. The molecule has 0 radical (unpaired) electrons. The van der Waals surface area contributed by atoms with Crippen LogP contribution in [0.5, 0.6) is 0 Å². The van der Waals surface area contributed by atoms with Crippen LogP contribution in [0.4, 0.5) is 4.39 Å². The van der Waals surface area contributed by atoms with Crippen LogP contribution in [0.2, 0.25) is 0 Å². The highest BCUT2D eigenvalue weighted by atomic mass is 19.1. The third-order valence-electron chi connectivity index (χ3n) is 9.80. The predicted octanol–water partition coefficient (Wildman–Crippen LogP) is 2.99. The fourth-order valence-corrected chi connectivity index (χ4v) is 7.86. The van der Waals surface area contributed by atoms with Gasteiger partial charge in [0.05, 0.1) is 18.4 Å². The molecule has 0 aromatic carbocycles. The van der Waals surface area contributed by atoms with Crippen molar-refractivity contribution in [3.05, 3.63) is 12.2 Å². The predicted molar refractivity (Wildman–Crippen MR) is 113 cm³/mol. The van der Waals surface area contributed by atoms with Crippen molar-refractivity contribution in [1.82, 2.24) is 9.80 Å². The van der Waals surface area contributed by atoms with Crippen molar-refractivity contribution in [3.8, 4) is 0 Å². The number of nitrogens with zero attached hydrogens (tertiary/aromatic N) is 2. The number of amides is 2. The molecule has 5 fully saturated rings. The Hall–Kier alpha value is -1.56. The second kappa shape index (κ2) is 7.23. The van der Waals surface area contributed by atoms with Gasteiger partial charge in [0.25, 0.3) is 0 Å². The van der Waals surface area contributed by atoms with E-state index >= 15 is 0 Å². The van der Waals surface area contributed by atoms with E-state index in [4.69, 9.17) is 0 Å². The number of Topliss-reactive ketones (excluding diaryl/α,β-unsaturated/α-hetero) is 1. The van der Waals surface area contributed by atoms with Gasteiger partial charge in [0.2, 0.25) is 11.8 Å². The molecule has 0 aromatic heterocycles. The van der Waals surface area contributed by atoms with Crippen LogP contribution in [-0.4, -0.2) is 59.7 Å². The number of allylic oxidation sites excluding steroid dienone is 2. The van der Waals surface area contributed by atoms with E-state index in [2.05, 4.69) is 17.1 Å². The van der Waals surface area contributed by atoms with Crippen LogP contribution in [-0.2, 0) is 14.4 Å². The number of halogens is 1.